The van der Waals surface area contributed by atoms with Gasteiger partial charge in [-0.3, -0.25) is 4.98 Å². The summed E-state index contributed by atoms with van der Waals surface area (Å²) in [7, 11) is 0. The summed E-state index contributed by atoms with van der Waals surface area (Å²) >= 11 is 6.36. The summed E-state index contributed by atoms with van der Waals surface area (Å²) in [5.74, 6) is 0.695. The molecule has 0 N–H and O–H groups in total. The van der Waals surface area contributed by atoms with E-state index in [1.54, 1.807) is 0 Å². The molecule has 1 heterocycles. The van der Waals surface area contributed by atoms with E-state index in [2.05, 4.69) is 63.2 Å². The largest absolute Gasteiger partial charge is 0.253 e. The summed E-state index contributed by atoms with van der Waals surface area (Å²) in [5, 5.41) is 1.95. The summed E-state index contributed by atoms with van der Waals surface area (Å²) in [6.07, 6.45) is 4.62. The van der Waals surface area contributed by atoms with Gasteiger partial charge in [-0.2, -0.15) is 0 Å². The number of benzene rings is 2. The number of hydrogen-bond acceptors (Lipinski definition) is 1. The molecular formula is C24H26ClN. The van der Waals surface area contributed by atoms with Crippen molar-refractivity contribution in [1.29, 1.82) is 0 Å². The molecule has 0 saturated carbocycles. The molecule has 0 amide bonds. The topological polar surface area (TPSA) is 12.9 Å². The lowest BCUT2D eigenvalue weighted by Crippen LogP contribution is -2.29. The van der Waals surface area contributed by atoms with Crippen LogP contribution in [-0.4, -0.2) is 4.98 Å². The molecule has 2 aromatic carbocycles. The molecule has 0 fully saturated rings. The molecule has 134 valence electrons. The van der Waals surface area contributed by atoms with E-state index in [0.717, 1.165) is 23.4 Å². The van der Waals surface area contributed by atoms with Crippen LogP contribution in [0.15, 0.2) is 48.5 Å². The second-order valence-corrected chi connectivity index (χ2v) is 8.66. The Bertz CT molecular complexity index is 943. The van der Waals surface area contributed by atoms with Crippen LogP contribution < -0.4 is 0 Å². The third-order valence-corrected chi connectivity index (χ3v) is 6.63. The van der Waals surface area contributed by atoms with Gasteiger partial charge in [0.2, 0.25) is 0 Å². The molecule has 2 heteroatoms. The molecule has 1 aromatic heterocycles. The predicted octanol–water partition coefficient (Wildman–Crippen LogP) is 7.10. The van der Waals surface area contributed by atoms with E-state index < -0.39 is 0 Å². The minimum atomic E-state index is 0.356. The van der Waals surface area contributed by atoms with Crippen LogP contribution in [-0.2, 0) is 12.8 Å². The highest BCUT2D eigenvalue weighted by Gasteiger charge is 2.33. The molecule has 0 saturated heterocycles. The fourth-order valence-corrected chi connectivity index (χ4v) is 4.47. The Hall–Kier alpha value is -1.86. The standard InChI is InChI=1S/C24H26ClN/c1-4-24(2,3)17-10-12-21-19(14-17)23(16-8-6-5-7-9-16)20-15-18(25)11-13-22(20)26-21/h5-9,11,13,15,17H,4,10,12,14H2,1-3H3/t17-/m1/s1. The Labute approximate surface area is 161 Å². The maximum absolute atomic E-state index is 6.36. The van der Waals surface area contributed by atoms with Crippen molar-refractivity contribution in [3.63, 3.8) is 0 Å². The fourth-order valence-electron chi connectivity index (χ4n) is 4.30. The number of hydrogen-bond donors (Lipinski definition) is 0. The minimum Gasteiger partial charge on any atom is -0.253 e. The first-order valence-electron chi connectivity index (χ1n) is 9.66. The number of pyridine rings is 1. The van der Waals surface area contributed by atoms with Crippen LogP contribution in [0.5, 0.6) is 0 Å². The van der Waals surface area contributed by atoms with Gasteiger partial charge in [-0.25, -0.2) is 0 Å². The second kappa shape index (κ2) is 6.70. The average Bonchev–Trinajstić information content (AvgIpc) is 2.66. The highest BCUT2D eigenvalue weighted by molar-refractivity contribution is 6.31. The normalized spacial score (nSPS) is 17.3. The van der Waals surface area contributed by atoms with E-state index in [1.165, 1.54) is 40.6 Å². The number of nitrogens with zero attached hydrogens (tertiary/aromatic N) is 1. The average molecular weight is 364 g/mol. The maximum atomic E-state index is 6.36. The maximum Gasteiger partial charge on any atom is 0.0712 e. The molecule has 1 aliphatic carbocycles. The van der Waals surface area contributed by atoms with Crippen LogP contribution in [0.1, 0.15) is 44.9 Å². The summed E-state index contributed by atoms with van der Waals surface area (Å²) < 4.78 is 0. The van der Waals surface area contributed by atoms with Crippen molar-refractivity contribution in [3.05, 3.63) is 64.8 Å². The van der Waals surface area contributed by atoms with Crippen molar-refractivity contribution in [2.45, 2.75) is 46.5 Å². The van der Waals surface area contributed by atoms with Crippen LogP contribution in [0.2, 0.25) is 5.02 Å². The summed E-state index contributed by atoms with van der Waals surface area (Å²) in [5.41, 5.74) is 6.73. The van der Waals surface area contributed by atoms with Crippen LogP contribution in [0.25, 0.3) is 22.0 Å². The number of halogens is 1. The molecule has 1 nitrogen and oxygen atoms in total. The minimum absolute atomic E-state index is 0.356. The molecule has 0 aliphatic heterocycles. The van der Waals surface area contributed by atoms with Gasteiger partial charge in [0.15, 0.2) is 0 Å². The first kappa shape index (κ1) is 17.5. The molecule has 1 atom stereocenters. The van der Waals surface area contributed by atoms with E-state index in [0.29, 0.717) is 11.3 Å². The van der Waals surface area contributed by atoms with E-state index in [-0.39, 0.29) is 0 Å². The van der Waals surface area contributed by atoms with E-state index >= 15 is 0 Å². The van der Waals surface area contributed by atoms with Gasteiger partial charge in [0.1, 0.15) is 0 Å². The summed E-state index contributed by atoms with van der Waals surface area (Å²) in [6, 6.07) is 16.8. The predicted molar refractivity (Wildman–Crippen MR) is 112 cm³/mol. The first-order valence-corrected chi connectivity index (χ1v) is 10.0. The monoisotopic (exact) mass is 363 g/mol. The van der Waals surface area contributed by atoms with Crippen molar-refractivity contribution >= 4 is 22.5 Å². The lowest BCUT2D eigenvalue weighted by molar-refractivity contribution is 0.182. The summed E-state index contributed by atoms with van der Waals surface area (Å²) in [4.78, 5) is 5.03. The van der Waals surface area contributed by atoms with Gasteiger partial charge in [-0.1, -0.05) is 69.1 Å². The van der Waals surface area contributed by atoms with Crippen molar-refractivity contribution < 1.29 is 0 Å². The lowest BCUT2D eigenvalue weighted by atomic mass is 9.68. The smallest absolute Gasteiger partial charge is 0.0712 e. The number of aromatic nitrogens is 1. The highest BCUT2D eigenvalue weighted by Crippen LogP contribution is 2.44. The van der Waals surface area contributed by atoms with Crippen LogP contribution in [0, 0.1) is 11.3 Å². The number of rotatable bonds is 3. The van der Waals surface area contributed by atoms with E-state index in [4.69, 9.17) is 16.6 Å². The molecule has 0 bridgehead atoms. The molecular weight excluding hydrogens is 338 g/mol. The third kappa shape index (κ3) is 3.03. The highest BCUT2D eigenvalue weighted by atomic mass is 35.5. The van der Waals surface area contributed by atoms with Gasteiger partial charge < -0.3 is 0 Å². The lowest BCUT2D eigenvalue weighted by Gasteiger charge is -2.38. The molecule has 4 rings (SSSR count). The fraction of sp³-hybridized carbons (Fsp3) is 0.375. The molecule has 3 aromatic rings. The van der Waals surface area contributed by atoms with Crippen molar-refractivity contribution in [1.82, 2.24) is 4.98 Å². The van der Waals surface area contributed by atoms with Gasteiger partial charge in [-0.15, -0.1) is 0 Å². The molecule has 0 unspecified atom stereocenters. The van der Waals surface area contributed by atoms with Crippen LogP contribution in [0.4, 0.5) is 0 Å². The Kier molecular flexibility index (Phi) is 4.52. The van der Waals surface area contributed by atoms with Gasteiger partial charge in [0.25, 0.3) is 0 Å². The molecule has 0 radical (unpaired) electrons. The third-order valence-electron chi connectivity index (χ3n) is 6.39. The quantitative estimate of drug-likeness (QED) is 0.483. The zero-order valence-electron chi connectivity index (χ0n) is 15.8. The zero-order chi connectivity index (χ0) is 18.3. The molecule has 1 aliphatic rings. The second-order valence-electron chi connectivity index (χ2n) is 8.22. The molecule has 26 heavy (non-hydrogen) atoms. The Balaban J connectivity index is 1.97. The van der Waals surface area contributed by atoms with E-state index in [9.17, 15) is 0 Å². The van der Waals surface area contributed by atoms with Crippen LogP contribution in [0.3, 0.4) is 0 Å². The van der Waals surface area contributed by atoms with Gasteiger partial charge in [0.05, 0.1) is 5.52 Å². The SMILES string of the molecule is CCC(C)(C)[C@@H]1CCc2nc3ccc(Cl)cc3c(-c3ccccc3)c2C1. The van der Waals surface area contributed by atoms with Crippen molar-refractivity contribution in [3.8, 4) is 11.1 Å². The van der Waals surface area contributed by atoms with Crippen molar-refractivity contribution in [2.24, 2.45) is 11.3 Å². The Morgan fingerprint density at radius 1 is 1.12 bits per heavy atom. The van der Waals surface area contributed by atoms with Gasteiger partial charge in [0, 0.05) is 16.1 Å². The summed E-state index contributed by atoms with van der Waals surface area (Å²) in [6.45, 7) is 7.14. The van der Waals surface area contributed by atoms with Gasteiger partial charge in [-0.05, 0) is 65.5 Å². The molecule has 0 spiro atoms. The van der Waals surface area contributed by atoms with Crippen molar-refractivity contribution in [2.75, 3.05) is 0 Å². The van der Waals surface area contributed by atoms with Gasteiger partial charge >= 0.3 is 0 Å². The number of aryl methyl sites for hydroxylation is 1. The van der Waals surface area contributed by atoms with E-state index in [1.807, 2.05) is 6.07 Å². The first-order chi connectivity index (χ1) is 12.5. The Morgan fingerprint density at radius 3 is 2.62 bits per heavy atom. The van der Waals surface area contributed by atoms with Crippen LogP contribution >= 0.6 is 11.6 Å². The zero-order valence-corrected chi connectivity index (χ0v) is 16.6. The number of fused-ring (bicyclic) bond motifs is 2. The Morgan fingerprint density at radius 2 is 1.88 bits per heavy atom.